The molecule has 0 bridgehead atoms. The van der Waals surface area contributed by atoms with E-state index in [1.54, 1.807) is 0 Å². The Bertz CT molecular complexity index is 269. The summed E-state index contributed by atoms with van der Waals surface area (Å²) in [5.74, 6) is 0. The van der Waals surface area contributed by atoms with Crippen LogP contribution in [0.3, 0.4) is 0 Å². The van der Waals surface area contributed by atoms with E-state index >= 15 is 0 Å². The van der Waals surface area contributed by atoms with Crippen molar-refractivity contribution >= 4 is 0 Å². The molecule has 2 aliphatic carbocycles. The summed E-state index contributed by atoms with van der Waals surface area (Å²) in [6.45, 7) is 3.76. The maximum Gasteiger partial charge on any atom is 0.0330 e. The number of hydrogen-bond acceptors (Lipinski definition) is 3. The quantitative estimate of drug-likeness (QED) is 0.588. The van der Waals surface area contributed by atoms with Crippen molar-refractivity contribution in [3.63, 3.8) is 0 Å². The zero-order valence-corrected chi connectivity index (χ0v) is 14.0. The molecule has 1 N–H and O–H groups in total. The fourth-order valence-electron chi connectivity index (χ4n) is 3.37. The number of nitrogens with one attached hydrogen (secondary N) is 1. The van der Waals surface area contributed by atoms with Crippen molar-refractivity contribution in [2.75, 3.05) is 40.8 Å². The van der Waals surface area contributed by atoms with Crippen molar-refractivity contribution in [3.05, 3.63) is 0 Å². The van der Waals surface area contributed by atoms with Crippen molar-refractivity contribution in [2.24, 2.45) is 0 Å². The molecule has 0 amide bonds. The van der Waals surface area contributed by atoms with Gasteiger partial charge in [0.1, 0.15) is 0 Å². The molecular weight excluding hydrogens is 246 g/mol. The van der Waals surface area contributed by atoms with Gasteiger partial charge in [-0.25, -0.2) is 0 Å². The Hall–Kier alpha value is -0.120. The minimum atomic E-state index is 0.489. The van der Waals surface area contributed by atoms with Crippen LogP contribution in [0.4, 0.5) is 0 Å². The Kier molecular flexibility index (Phi) is 6.31. The van der Waals surface area contributed by atoms with Crippen LogP contribution in [0.15, 0.2) is 0 Å². The van der Waals surface area contributed by atoms with Gasteiger partial charge in [0, 0.05) is 18.1 Å². The van der Waals surface area contributed by atoms with Crippen molar-refractivity contribution < 1.29 is 0 Å². The summed E-state index contributed by atoms with van der Waals surface area (Å²) in [5.41, 5.74) is 0.489. The molecule has 0 unspecified atom stereocenters. The van der Waals surface area contributed by atoms with E-state index in [0.29, 0.717) is 5.54 Å². The zero-order chi connectivity index (χ0) is 14.4. The van der Waals surface area contributed by atoms with Gasteiger partial charge in [-0.05, 0) is 79.2 Å². The molecule has 0 aromatic heterocycles. The molecule has 0 spiro atoms. The van der Waals surface area contributed by atoms with Crippen molar-refractivity contribution in [1.29, 1.82) is 0 Å². The maximum atomic E-state index is 3.60. The lowest BCUT2D eigenvalue weighted by Crippen LogP contribution is -2.56. The zero-order valence-electron chi connectivity index (χ0n) is 14.0. The molecule has 0 aromatic rings. The Labute approximate surface area is 126 Å². The molecule has 2 saturated carbocycles. The lowest BCUT2D eigenvalue weighted by atomic mass is 9.75. The Balaban J connectivity index is 1.46. The minimum Gasteiger partial charge on any atom is -0.314 e. The summed E-state index contributed by atoms with van der Waals surface area (Å²) in [5, 5.41) is 3.60. The standard InChI is InChI=1S/C17H35N3/c1-19(2)17(11-8-12-17)15-20(3)14-7-5-4-6-13-18-16-9-10-16/h16,18H,4-15H2,1-3H3. The monoisotopic (exact) mass is 281 g/mol. The van der Waals surface area contributed by atoms with Gasteiger partial charge in [-0.2, -0.15) is 0 Å². The van der Waals surface area contributed by atoms with Gasteiger partial charge in [0.25, 0.3) is 0 Å². The second kappa shape index (κ2) is 7.77. The number of nitrogens with zero attached hydrogens (tertiary/aromatic N) is 2. The summed E-state index contributed by atoms with van der Waals surface area (Å²) in [7, 11) is 6.80. The Morgan fingerprint density at radius 1 is 1.00 bits per heavy atom. The van der Waals surface area contributed by atoms with Crippen LogP contribution in [0.25, 0.3) is 0 Å². The van der Waals surface area contributed by atoms with E-state index in [1.165, 1.54) is 77.4 Å². The van der Waals surface area contributed by atoms with Gasteiger partial charge < -0.3 is 15.1 Å². The molecular formula is C17H35N3. The molecule has 0 heterocycles. The van der Waals surface area contributed by atoms with Gasteiger partial charge in [-0.15, -0.1) is 0 Å². The third-order valence-corrected chi connectivity index (χ3v) is 5.27. The van der Waals surface area contributed by atoms with E-state index in [9.17, 15) is 0 Å². The van der Waals surface area contributed by atoms with Gasteiger partial charge in [0.2, 0.25) is 0 Å². The molecule has 3 heteroatoms. The molecule has 0 saturated heterocycles. The van der Waals surface area contributed by atoms with Crippen LogP contribution in [0.2, 0.25) is 0 Å². The molecule has 2 aliphatic rings. The van der Waals surface area contributed by atoms with E-state index in [2.05, 4.69) is 36.3 Å². The van der Waals surface area contributed by atoms with Gasteiger partial charge in [0.15, 0.2) is 0 Å². The highest BCUT2D eigenvalue weighted by Crippen LogP contribution is 2.36. The van der Waals surface area contributed by atoms with Crippen molar-refractivity contribution in [1.82, 2.24) is 15.1 Å². The second-order valence-electron chi connectivity index (χ2n) is 7.35. The first-order valence-electron chi connectivity index (χ1n) is 8.72. The molecule has 3 nitrogen and oxygen atoms in total. The Morgan fingerprint density at radius 2 is 1.70 bits per heavy atom. The van der Waals surface area contributed by atoms with Crippen molar-refractivity contribution in [3.8, 4) is 0 Å². The fraction of sp³-hybridized carbons (Fsp3) is 1.00. The van der Waals surface area contributed by atoms with E-state index < -0.39 is 0 Å². The minimum absolute atomic E-state index is 0.489. The summed E-state index contributed by atoms with van der Waals surface area (Å²) in [6, 6.07) is 0.880. The van der Waals surface area contributed by atoms with E-state index in [0.717, 1.165) is 6.04 Å². The highest BCUT2D eigenvalue weighted by Gasteiger charge is 2.39. The highest BCUT2D eigenvalue weighted by atomic mass is 15.2. The predicted molar refractivity (Wildman–Crippen MR) is 87.3 cm³/mol. The lowest BCUT2D eigenvalue weighted by Gasteiger charge is -2.49. The summed E-state index contributed by atoms with van der Waals surface area (Å²) >= 11 is 0. The molecule has 20 heavy (non-hydrogen) atoms. The van der Waals surface area contributed by atoms with Crippen LogP contribution >= 0.6 is 0 Å². The van der Waals surface area contributed by atoms with Gasteiger partial charge in [0.05, 0.1) is 0 Å². The molecule has 0 atom stereocenters. The highest BCUT2D eigenvalue weighted by molar-refractivity contribution is 4.97. The van der Waals surface area contributed by atoms with Gasteiger partial charge in [-0.1, -0.05) is 12.8 Å². The third-order valence-electron chi connectivity index (χ3n) is 5.27. The Morgan fingerprint density at radius 3 is 2.25 bits per heavy atom. The number of unbranched alkanes of at least 4 members (excludes halogenated alkanes) is 3. The van der Waals surface area contributed by atoms with Crippen LogP contribution in [0.1, 0.15) is 57.8 Å². The third kappa shape index (κ3) is 5.01. The first kappa shape index (κ1) is 16.3. The smallest absolute Gasteiger partial charge is 0.0330 e. The summed E-state index contributed by atoms with van der Waals surface area (Å²) in [4.78, 5) is 5.01. The fourth-order valence-corrected chi connectivity index (χ4v) is 3.37. The molecule has 118 valence electrons. The molecule has 0 radical (unpaired) electrons. The summed E-state index contributed by atoms with van der Waals surface area (Å²) in [6.07, 6.45) is 12.5. The van der Waals surface area contributed by atoms with E-state index in [1.807, 2.05) is 0 Å². The number of hydrogen-bond donors (Lipinski definition) is 1. The molecule has 0 aromatic carbocycles. The summed E-state index contributed by atoms with van der Waals surface area (Å²) < 4.78 is 0. The first-order chi connectivity index (χ1) is 9.62. The van der Waals surface area contributed by atoms with Crippen LogP contribution in [-0.2, 0) is 0 Å². The second-order valence-corrected chi connectivity index (χ2v) is 7.35. The maximum absolute atomic E-state index is 3.60. The molecule has 0 aliphatic heterocycles. The first-order valence-corrected chi connectivity index (χ1v) is 8.72. The van der Waals surface area contributed by atoms with Crippen LogP contribution < -0.4 is 5.32 Å². The number of rotatable bonds is 11. The average molecular weight is 281 g/mol. The van der Waals surface area contributed by atoms with Gasteiger partial charge in [-0.3, -0.25) is 0 Å². The van der Waals surface area contributed by atoms with Crippen LogP contribution in [0.5, 0.6) is 0 Å². The van der Waals surface area contributed by atoms with E-state index in [4.69, 9.17) is 0 Å². The van der Waals surface area contributed by atoms with Gasteiger partial charge >= 0.3 is 0 Å². The molecule has 2 fully saturated rings. The lowest BCUT2D eigenvalue weighted by molar-refractivity contribution is 0.0275. The van der Waals surface area contributed by atoms with E-state index in [-0.39, 0.29) is 0 Å². The SMILES string of the molecule is CN(CCCCCCNC1CC1)CC1(N(C)C)CCC1. The van der Waals surface area contributed by atoms with Crippen LogP contribution in [0, 0.1) is 0 Å². The van der Waals surface area contributed by atoms with Crippen molar-refractivity contribution in [2.45, 2.75) is 69.4 Å². The topological polar surface area (TPSA) is 18.5 Å². The molecule has 2 rings (SSSR count). The number of likely N-dealkylation sites (N-methyl/N-ethyl adjacent to an activating group) is 2. The normalized spacial score (nSPS) is 21.4. The largest absolute Gasteiger partial charge is 0.314 e. The predicted octanol–water partition coefficient (Wildman–Crippen LogP) is 2.71. The average Bonchev–Trinajstić information content (AvgIpc) is 3.16. The van der Waals surface area contributed by atoms with Crippen LogP contribution in [-0.4, -0.2) is 62.2 Å².